The summed E-state index contributed by atoms with van der Waals surface area (Å²) in [6.45, 7) is 0.221. The van der Waals surface area contributed by atoms with Gasteiger partial charge in [0.15, 0.2) is 0 Å². The number of carbonyl (C=O) groups is 1. The van der Waals surface area contributed by atoms with Gasteiger partial charge in [-0.15, -0.1) is 0 Å². The molecule has 0 saturated carbocycles. The standard InChI is InChI=1S/C12H11ClN2O5S.W/c13-9-5-10(15-6-7-2-1-3-20-7)8(12(16)17)4-11(9)21(14,18)19;/h1-5,15H,6H2,(H,16,17)(H2,14,18,19);. The number of aromatic carboxylic acids is 1. The second-order valence-electron chi connectivity index (χ2n) is 4.11. The molecule has 0 aliphatic rings. The smallest absolute Gasteiger partial charge is 0.337 e. The fourth-order valence-corrected chi connectivity index (χ4v) is 2.79. The van der Waals surface area contributed by atoms with E-state index in [0.29, 0.717) is 5.76 Å². The number of rotatable bonds is 5. The van der Waals surface area contributed by atoms with Crippen LogP contribution in [-0.4, -0.2) is 19.5 Å². The molecule has 0 aliphatic carbocycles. The topological polar surface area (TPSA) is 123 Å². The predicted octanol–water partition coefficient (Wildman–Crippen LogP) is 1.89. The minimum absolute atomic E-state index is 0. The number of halogens is 1. The predicted molar refractivity (Wildman–Crippen MR) is 75.8 cm³/mol. The Morgan fingerprint density at radius 2 is 2.09 bits per heavy atom. The molecule has 7 nitrogen and oxygen atoms in total. The third kappa shape index (κ3) is 4.33. The zero-order chi connectivity index (χ0) is 15.6. The summed E-state index contributed by atoms with van der Waals surface area (Å²) in [5.74, 6) is -0.725. The number of carboxylic acids is 1. The summed E-state index contributed by atoms with van der Waals surface area (Å²) >= 11 is 5.84. The minimum Gasteiger partial charge on any atom is -0.478 e. The molecule has 1 aromatic carbocycles. The van der Waals surface area contributed by atoms with Gasteiger partial charge in [0.05, 0.1) is 29.1 Å². The Kier molecular flexibility index (Phi) is 6.19. The fraction of sp³-hybridized carbons (Fsp3) is 0.0833. The number of furan rings is 1. The van der Waals surface area contributed by atoms with Crippen LogP contribution in [0.25, 0.3) is 0 Å². The summed E-state index contributed by atoms with van der Waals surface area (Å²) in [6.07, 6.45) is 1.48. The van der Waals surface area contributed by atoms with Gasteiger partial charge in [-0.1, -0.05) is 11.6 Å². The van der Waals surface area contributed by atoms with Crippen LogP contribution in [0.1, 0.15) is 16.1 Å². The first-order chi connectivity index (χ1) is 9.79. The Bertz CT molecular complexity index is 777. The Labute approximate surface area is 145 Å². The van der Waals surface area contributed by atoms with Gasteiger partial charge in [0, 0.05) is 21.1 Å². The monoisotopic (exact) mass is 514 g/mol. The van der Waals surface area contributed by atoms with Crippen molar-refractivity contribution < 1.29 is 43.8 Å². The molecule has 118 valence electrons. The van der Waals surface area contributed by atoms with Crippen molar-refractivity contribution in [2.45, 2.75) is 11.4 Å². The Balaban J connectivity index is 0.00000242. The summed E-state index contributed by atoms with van der Waals surface area (Å²) in [4.78, 5) is 10.8. The van der Waals surface area contributed by atoms with Gasteiger partial charge in [-0.25, -0.2) is 18.4 Å². The zero-order valence-electron chi connectivity index (χ0n) is 10.9. The SMILES string of the molecule is NS(=O)(=O)c1cc(C(=O)O)c(NCc2ccco2)cc1Cl.[W]. The summed E-state index contributed by atoms with van der Waals surface area (Å²) in [7, 11) is -4.11. The minimum atomic E-state index is -4.11. The van der Waals surface area contributed by atoms with Crippen molar-refractivity contribution in [3.8, 4) is 0 Å². The summed E-state index contributed by atoms with van der Waals surface area (Å²) < 4.78 is 27.8. The number of benzene rings is 1. The molecule has 22 heavy (non-hydrogen) atoms. The van der Waals surface area contributed by atoms with Gasteiger partial charge in [0.25, 0.3) is 0 Å². The molecule has 10 heteroatoms. The largest absolute Gasteiger partial charge is 0.478 e. The maximum Gasteiger partial charge on any atom is 0.337 e. The average molecular weight is 515 g/mol. The van der Waals surface area contributed by atoms with Crippen molar-refractivity contribution in [2.75, 3.05) is 5.32 Å². The Morgan fingerprint density at radius 1 is 1.41 bits per heavy atom. The van der Waals surface area contributed by atoms with Gasteiger partial charge in [-0.2, -0.15) is 0 Å². The van der Waals surface area contributed by atoms with Crippen LogP contribution in [0.4, 0.5) is 5.69 Å². The number of nitrogens with two attached hydrogens (primary N) is 1. The van der Waals surface area contributed by atoms with E-state index in [2.05, 4.69) is 5.32 Å². The fourth-order valence-electron chi connectivity index (χ4n) is 1.69. The molecule has 0 fully saturated rings. The summed E-state index contributed by atoms with van der Waals surface area (Å²) in [5, 5.41) is 16.8. The van der Waals surface area contributed by atoms with E-state index >= 15 is 0 Å². The number of primary sulfonamides is 1. The number of carboxylic acid groups (broad SMARTS) is 1. The van der Waals surface area contributed by atoms with Gasteiger partial charge in [0.1, 0.15) is 10.7 Å². The van der Waals surface area contributed by atoms with Crippen LogP contribution in [0.5, 0.6) is 0 Å². The molecule has 0 aliphatic heterocycles. The van der Waals surface area contributed by atoms with Gasteiger partial charge in [-0.05, 0) is 24.3 Å². The van der Waals surface area contributed by atoms with Crippen molar-refractivity contribution in [1.29, 1.82) is 0 Å². The van der Waals surface area contributed by atoms with E-state index in [1.54, 1.807) is 12.1 Å². The van der Waals surface area contributed by atoms with Crippen LogP contribution in [-0.2, 0) is 37.6 Å². The van der Waals surface area contributed by atoms with Crippen LogP contribution in [0.2, 0.25) is 5.02 Å². The van der Waals surface area contributed by atoms with Crippen LogP contribution in [0.15, 0.2) is 39.8 Å². The second kappa shape index (κ2) is 7.28. The molecule has 2 rings (SSSR count). The summed E-state index contributed by atoms with van der Waals surface area (Å²) in [5.41, 5.74) is -0.0914. The van der Waals surface area contributed by atoms with E-state index in [-0.39, 0.29) is 43.9 Å². The van der Waals surface area contributed by atoms with E-state index in [9.17, 15) is 13.2 Å². The molecule has 0 bridgehead atoms. The first kappa shape index (κ1) is 18.7. The molecule has 4 N–H and O–H groups in total. The number of sulfonamides is 1. The van der Waals surface area contributed by atoms with Crippen LogP contribution >= 0.6 is 11.6 Å². The maximum absolute atomic E-state index is 11.3. The first-order valence-corrected chi connectivity index (χ1v) is 7.57. The van der Waals surface area contributed by atoms with Gasteiger partial charge in [-0.3, -0.25) is 0 Å². The van der Waals surface area contributed by atoms with E-state index < -0.39 is 20.9 Å². The van der Waals surface area contributed by atoms with E-state index in [0.717, 1.165) is 6.07 Å². The van der Waals surface area contributed by atoms with Crippen molar-refractivity contribution in [1.82, 2.24) is 0 Å². The molecular weight excluding hydrogens is 504 g/mol. The maximum atomic E-state index is 11.3. The van der Waals surface area contributed by atoms with E-state index in [1.807, 2.05) is 0 Å². The third-order valence-electron chi connectivity index (χ3n) is 2.64. The third-order valence-corrected chi connectivity index (χ3v) is 4.02. The van der Waals surface area contributed by atoms with Gasteiger partial charge >= 0.3 is 5.97 Å². The van der Waals surface area contributed by atoms with Crippen molar-refractivity contribution >= 4 is 33.3 Å². The average Bonchev–Trinajstić information content (AvgIpc) is 2.87. The number of hydrogen-bond donors (Lipinski definition) is 3. The number of anilines is 1. The molecule has 0 amide bonds. The molecule has 2 aromatic rings. The van der Waals surface area contributed by atoms with Crippen LogP contribution < -0.4 is 10.5 Å². The molecular formula is C12H11ClN2O5SW. The van der Waals surface area contributed by atoms with Crippen molar-refractivity contribution in [3.05, 3.63) is 46.9 Å². The normalized spacial score (nSPS) is 10.8. The van der Waals surface area contributed by atoms with Gasteiger partial charge in [0.2, 0.25) is 10.0 Å². The molecule has 0 saturated heterocycles. The Morgan fingerprint density at radius 3 is 2.59 bits per heavy atom. The molecule has 0 radical (unpaired) electrons. The zero-order valence-corrected chi connectivity index (χ0v) is 15.5. The molecule has 0 atom stereocenters. The summed E-state index contributed by atoms with van der Waals surface area (Å²) in [6, 6.07) is 5.51. The molecule has 1 heterocycles. The van der Waals surface area contributed by atoms with Crippen LogP contribution in [0, 0.1) is 0 Å². The van der Waals surface area contributed by atoms with Crippen LogP contribution in [0.3, 0.4) is 0 Å². The molecule has 0 unspecified atom stereocenters. The van der Waals surface area contributed by atoms with Crippen molar-refractivity contribution in [2.24, 2.45) is 5.14 Å². The second-order valence-corrected chi connectivity index (χ2v) is 6.05. The van der Waals surface area contributed by atoms with Gasteiger partial charge < -0.3 is 14.8 Å². The first-order valence-electron chi connectivity index (χ1n) is 5.65. The van der Waals surface area contributed by atoms with Crippen molar-refractivity contribution in [3.63, 3.8) is 0 Å². The van der Waals surface area contributed by atoms with E-state index in [1.165, 1.54) is 12.3 Å². The molecule has 0 spiro atoms. The van der Waals surface area contributed by atoms with E-state index in [4.69, 9.17) is 26.3 Å². The number of hydrogen-bond acceptors (Lipinski definition) is 5. The number of nitrogens with one attached hydrogen (secondary N) is 1. The quantitative estimate of drug-likeness (QED) is 0.560. The molecule has 1 aromatic heterocycles. The Hall–Kier alpha value is -1.34.